The molecule has 0 amide bonds. The van der Waals surface area contributed by atoms with Crippen molar-refractivity contribution in [3.05, 3.63) is 118 Å². The maximum absolute atomic E-state index is 11.4. The standard InChI is InChI=1S/C14H10O4.C13H10O4.C9H8O4/c15-13(16)11-9-4-2-1-3-7(9)8-5-6-10(8)12(11)14(17)18;1-8(14)17-12-5-4-9-6-11(13(15)16)3-2-10(9)7-12;1-6(10)13-8-4-2-7(3-5-8)9(11)12/h1-4H,5-6H2,(H,15,16)(H,17,18);2-7H,1H3,(H,15,16);2-5H,1H3,(H,11,12). The molecule has 0 saturated carbocycles. The van der Waals surface area contributed by atoms with Crippen LogP contribution in [-0.4, -0.2) is 56.2 Å². The molecule has 0 saturated heterocycles. The number of fused-ring (bicyclic) bond motifs is 4. The third-order valence-corrected chi connectivity index (χ3v) is 7.17. The summed E-state index contributed by atoms with van der Waals surface area (Å²) in [6.07, 6.45) is 1.46. The molecule has 0 heterocycles. The van der Waals surface area contributed by atoms with Crippen molar-refractivity contribution in [3.8, 4) is 11.5 Å². The summed E-state index contributed by atoms with van der Waals surface area (Å²) in [7, 11) is 0. The van der Waals surface area contributed by atoms with Crippen LogP contribution >= 0.6 is 0 Å². The van der Waals surface area contributed by atoms with Crippen LogP contribution in [0.5, 0.6) is 11.5 Å². The summed E-state index contributed by atoms with van der Waals surface area (Å²) in [5.74, 6) is -4.32. The van der Waals surface area contributed by atoms with Crippen molar-refractivity contribution in [1.29, 1.82) is 0 Å². The molecule has 0 unspecified atom stereocenters. The van der Waals surface area contributed by atoms with Gasteiger partial charge in [0, 0.05) is 13.8 Å². The Morgan fingerprint density at radius 1 is 0.500 bits per heavy atom. The molecule has 0 atom stereocenters. The van der Waals surface area contributed by atoms with Gasteiger partial charge in [0.05, 0.1) is 22.3 Å². The van der Waals surface area contributed by atoms with Crippen LogP contribution in [0.3, 0.4) is 0 Å². The van der Waals surface area contributed by atoms with E-state index in [1.165, 1.54) is 44.2 Å². The fraction of sp³-hybridized carbons (Fsp3) is 0.111. The SMILES string of the molecule is CC(=O)Oc1ccc(C(=O)O)cc1.CC(=O)Oc1ccc2cc(C(=O)O)ccc2c1.O=C(O)c1c2c(c3ccccc3c1C(=O)O)CC2. The van der Waals surface area contributed by atoms with E-state index in [0.717, 1.165) is 28.1 Å². The Morgan fingerprint density at radius 2 is 0.979 bits per heavy atom. The third kappa shape index (κ3) is 7.98. The lowest BCUT2D eigenvalue weighted by Gasteiger charge is -2.25. The molecule has 0 radical (unpaired) electrons. The zero-order chi connectivity index (χ0) is 35.1. The van der Waals surface area contributed by atoms with Crippen LogP contribution < -0.4 is 9.47 Å². The summed E-state index contributed by atoms with van der Waals surface area (Å²) in [4.78, 5) is 65.2. The molecular formula is C36H28O12. The van der Waals surface area contributed by atoms with E-state index in [0.29, 0.717) is 28.9 Å². The molecule has 12 heteroatoms. The molecule has 1 aliphatic carbocycles. The van der Waals surface area contributed by atoms with Crippen molar-refractivity contribution in [1.82, 2.24) is 0 Å². The molecule has 244 valence electrons. The second-order valence-electron chi connectivity index (χ2n) is 10.4. The largest absolute Gasteiger partial charge is 0.478 e. The first-order valence-electron chi connectivity index (χ1n) is 14.3. The maximum Gasteiger partial charge on any atom is 0.337 e. The van der Waals surface area contributed by atoms with Crippen molar-refractivity contribution in [2.45, 2.75) is 26.7 Å². The Morgan fingerprint density at radius 3 is 1.50 bits per heavy atom. The van der Waals surface area contributed by atoms with E-state index in [-0.39, 0.29) is 28.2 Å². The quantitative estimate of drug-likeness (QED) is 0.121. The minimum Gasteiger partial charge on any atom is -0.478 e. The van der Waals surface area contributed by atoms with Crippen LogP contribution in [-0.2, 0) is 22.4 Å². The molecule has 0 fully saturated rings. The monoisotopic (exact) mass is 652 g/mol. The number of benzene rings is 5. The number of carboxylic acids is 4. The Bertz CT molecular complexity index is 2100. The van der Waals surface area contributed by atoms with Crippen LogP contribution in [0.2, 0.25) is 0 Å². The molecule has 6 rings (SSSR count). The first-order chi connectivity index (χ1) is 22.8. The fourth-order valence-electron chi connectivity index (χ4n) is 5.07. The highest BCUT2D eigenvalue weighted by atomic mass is 16.5. The first-order valence-corrected chi connectivity index (χ1v) is 14.3. The van der Waals surface area contributed by atoms with Gasteiger partial charge in [0.25, 0.3) is 0 Å². The Hall–Kier alpha value is -6.56. The van der Waals surface area contributed by atoms with Gasteiger partial charge in [-0.2, -0.15) is 0 Å². The van der Waals surface area contributed by atoms with Gasteiger partial charge in [0.1, 0.15) is 11.5 Å². The van der Waals surface area contributed by atoms with Gasteiger partial charge in [-0.15, -0.1) is 0 Å². The minimum atomic E-state index is -1.18. The molecule has 0 aliphatic heterocycles. The first kappa shape index (κ1) is 34.3. The molecular weight excluding hydrogens is 624 g/mol. The second-order valence-corrected chi connectivity index (χ2v) is 10.4. The molecule has 1 aliphatic rings. The van der Waals surface area contributed by atoms with Crippen LogP contribution in [0.15, 0.2) is 84.9 Å². The van der Waals surface area contributed by atoms with E-state index in [9.17, 15) is 39.0 Å². The van der Waals surface area contributed by atoms with Crippen molar-refractivity contribution in [3.63, 3.8) is 0 Å². The Kier molecular flexibility index (Phi) is 10.5. The molecule has 12 nitrogen and oxygen atoms in total. The average Bonchev–Trinajstić information content (AvgIpc) is 3.00. The van der Waals surface area contributed by atoms with Gasteiger partial charge in [-0.05, 0) is 94.0 Å². The number of carbonyl (C=O) groups excluding carboxylic acids is 2. The summed E-state index contributed by atoms with van der Waals surface area (Å²) in [6, 6.07) is 22.5. The average molecular weight is 653 g/mol. The maximum atomic E-state index is 11.4. The highest BCUT2D eigenvalue weighted by Crippen LogP contribution is 2.37. The number of carboxylic acid groups (broad SMARTS) is 4. The Balaban J connectivity index is 0.000000165. The second kappa shape index (κ2) is 14.7. The van der Waals surface area contributed by atoms with E-state index in [1.807, 2.05) is 12.1 Å². The molecule has 0 aromatic heterocycles. The van der Waals surface area contributed by atoms with Crippen molar-refractivity contribution >= 4 is 57.4 Å². The van der Waals surface area contributed by atoms with Crippen LogP contribution in [0.1, 0.15) is 66.4 Å². The molecule has 0 bridgehead atoms. The highest BCUT2D eigenvalue weighted by Gasteiger charge is 2.30. The van der Waals surface area contributed by atoms with E-state index in [4.69, 9.17) is 19.7 Å². The highest BCUT2D eigenvalue weighted by molar-refractivity contribution is 6.14. The summed E-state index contributed by atoms with van der Waals surface area (Å²) in [5.41, 5.74) is 1.93. The zero-order valence-corrected chi connectivity index (χ0v) is 25.6. The topological polar surface area (TPSA) is 202 Å². The smallest absolute Gasteiger partial charge is 0.337 e. The zero-order valence-electron chi connectivity index (χ0n) is 25.6. The van der Waals surface area contributed by atoms with Gasteiger partial charge in [-0.1, -0.05) is 36.4 Å². The number of rotatable bonds is 6. The summed E-state index contributed by atoms with van der Waals surface area (Å²) >= 11 is 0. The number of hydrogen-bond acceptors (Lipinski definition) is 8. The molecule has 5 aromatic rings. The summed E-state index contributed by atoms with van der Waals surface area (Å²) in [6.45, 7) is 2.61. The lowest BCUT2D eigenvalue weighted by molar-refractivity contribution is -0.132. The normalized spacial score (nSPS) is 11.0. The molecule has 0 spiro atoms. The summed E-state index contributed by atoms with van der Waals surface area (Å²) in [5, 5.41) is 38.9. The lowest BCUT2D eigenvalue weighted by atomic mass is 9.78. The molecule has 48 heavy (non-hydrogen) atoms. The third-order valence-electron chi connectivity index (χ3n) is 7.17. The number of esters is 2. The van der Waals surface area contributed by atoms with E-state index >= 15 is 0 Å². The van der Waals surface area contributed by atoms with E-state index in [1.54, 1.807) is 42.5 Å². The van der Waals surface area contributed by atoms with Crippen LogP contribution in [0.25, 0.3) is 21.5 Å². The predicted octanol–water partition coefficient (Wildman–Crippen LogP) is 6.11. The predicted molar refractivity (Wildman–Crippen MR) is 172 cm³/mol. The minimum absolute atomic E-state index is 0.0394. The van der Waals surface area contributed by atoms with E-state index in [2.05, 4.69) is 0 Å². The summed E-state index contributed by atoms with van der Waals surface area (Å²) < 4.78 is 9.66. The van der Waals surface area contributed by atoms with Crippen molar-refractivity contribution < 1.29 is 58.7 Å². The molecule has 4 N–H and O–H groups in total. The number of aromatic carboxylic acids is 4. The van der Waals surface area contributed by atoms with Gasteiger partial charge in [0.2, 0.25) is 0 Å². The van der Waals surface area contributed by atoms with E-state index < -0.39 is 29.8 Å². The van der Waals surface area contributed by atoms with Crippen LogP contribution in [0, 0.1) is 0 Å². The molecule has 5 aromatic carbocycles. The fourth-order valence-corrected chi connectivity index (χ4v) is 5.07. The lowest BCUT2D eigenvalue weighted by Crippen LogP contribution is -2.20. The van der Waals surface area contributed by atoms with Crippen molar-refractivity contribution in [2.75, 3.05) is 0 Å². The van der Waals surface area contributed by atoms with Crippen LogP contribution in [0.4, 0.5) is 0 Å². The number of carbonyl (C=O) groups is 6. The Labute approximate surface area is 272 Å². The van der Waals surface area contributed by atoms with Crippen molar-refractivity contribution in [2.24, 2.45) is 0 Å². The number of ether oxygens (including phenoxy) is 2. The van der Waals surface area contributed by atoms with Gasteiger partial charge >= 0.3 is 35.8 Å². The van der Waals surface area contributed by atoms with Gasteiger partial charge < -0.3 is 29.9 Å². The van der Waals surface area contributed by atoms with Gasteiger partial charge in [0.15, 0.2) is 0 Å². The van der Waals surface area contributed by atoms with Gasteiger partial charge in [-0.3, -0.25) is 9.59 Å². The van der Waals surface area contributed by atoms with Gasteiger partial charge in [-0.25, -0.2) is 19.2 Å². The number of hydrogen-bond donors (Lipinski definition) is 4. The number of aryl methyl sites for hydroxylation is 1.